The third kappa shape index (κ3) is 4.76. The highest BCUT2D eigenvalue weighted by atomic mass is 32.1. The minimum absolute atomic E-state index is 0.0411. The molecule has 34 heavy (non-hydrogen) atoms. The number of carbonyl (C=O) groups is 1. The van der Waals surface area contributed by atoms with E-state index in [2.05, 4.69) is 5.32 Å². The molecule has 1 saturated heterocycles. The predicted octanol–water partition coefficient (Wildman–Crippen LogP) is 4.53. The Morgan fingerprint density at radius 1 is 0.971 bits per heavy atom. The summed E-state index contributed by atoms with van der Waals surface area (Å²) in [6.07, 6.45) is -5.18. The van der Waals surface area contributed by atoms with Gasteiger partial charge in [-0.25, -0.2) is 0 Å². The average Bonchev–Trinajstić information content (AvgIpc) is 2.83. The van der Waals surface area contributed by atoms with E-state index in [0.29, 0.717) is 17.9 Å². The third-order valence-electron chi connectivity index (χ3n) is 5.63. The summed E-state index contributed by atoms with van der Waals surface area (Å²) < 4.78 is 47.9. The van der Waals surface area contributed by atoms with Crippen LogP contribution in [0.2, 0.25) is 0 Å². The number of halogens is 3. The van der Waals surface area contributed by atoms with Crippen LogP contribution in [-0.2, 0) is 6.61 Å². The quantitative estimate of drug-likeness (QED) is 0.351. The summed E-state index contributed by atoms with van der Waals surface area (Å²) in [5.74, 6) is -2.32. The van der Waals surface area contributed by atoms with E-state index in [1.54, 1.807) is 42.5 Å². The summed E-state index contributed by atoms with van der Waals surface area (Å²) in [6, 6.07) is 22.1. The first-order chi connectivity index (χ1) is 16.2. The normalized spacial score (nSPS) is 22.4. The van der Waals surface area contributed by atoms with Gasteiger partial charge in [0.05, 0.1) is 6.04 Å². The number of Topliss-reactive ketones (excluding diaryl/α,β-unsaturated/α-hetero) is 1. The maximum absolute atomic E-state index is 14.1. The molecule has 3 aromatic rings. The van der Waals surface area contributed by atoms with Crippen LogP contribution in [0, 0.1) is 5.92 Å². The van der Waals surface area contributed by atoms with Gasteiger partial charge in [0.25, 0.3) is 0 Å². The van der Waals surface area contributed by atoms with Crippen LogP contribution in [0.15, 0.2) is 84.9 Å². The molecule has 0 bridgehead atoms. The number of ketones is 1. The Hall–Kier alpha value is -3.43. The smallest absolute Gasteiger partial charge is 0.437 e. The number of hydrogen-bond acceptors (Lipinski definition) is 4. The Morgan fingerprint density at radius 3 is 2.15 bits per heavy atom. The summed E-state index contributed by atoms with van der Waals surface area (Å²) in [6.45, 7) is 0.318. The van der Waals surface area contributed by atoms with Crippen molar-refractivity contribution < 1.29 is 27.8 Å². The van der Waals surface area contributed by atoms with Gasteiger partial charge in [0.15, 0.2) is 10.9 Å². The summed E-state index contributed by atoms with van der Waals surface area (Å²) >= 11 is 4.96. The van der Waals surface area contributed by atoms with Crippen LogP contribution in [0.5, 0.6) is 5.75 Å². The van der Waals surface area contributed by atoms with Crippen LogP contribution >= 0.6 is 12.2 Å². The van der Waals surface area contributed by atoms with E-state index in [4.69, 9.17) is 17.0 Å². The summed E-state index contributed by atoms with van der Waals surface area (Å²) in [7, 11) is 0. The number of aliphatic hydroxyl groups is 1. The van der Waals surface area contributed by atoms with Crippen molar-refractivity contribution >= 4 is 23.1 Å². The molecule has 5 nitrogen and oxygen atoms in total. The molecule has 0 aliphatic carbocycles. The van der Waals surface area contributed by atoms with Gasteiger partial charge in [-0.05, 0) is 35.5 Å². The molecule has 1 heterocycles. The number of thiocarbonyl (C=S) groups is 1. The van der Waals surface area contributed by atoms with E-state index in [-0.39, 0.29) is 5.56 Å². The van der Waals surface area contributed by atoms with Gasteiger partial charge in [0, 0.05) is 5.56 Å². The first-order valence-corrected chi connectivity index (χ1v) is 10.8. The molecule has 1 aliphatic rings. The monoisotopic (exact) mass is 486 g/mol. The van der Waals surface area contributed by atoms with Gasteiger partial charge < -0.3 is 20.5 Å². The lowest BCUT2D eigenvalue weighted by Crippen LogP contribution is -2.72. The molecule has 0 aromatic heterocycles. The average molecular weight is 487 g/mol. The second-order valence-corrected chi connectivity index (χ2v) is 8.30. The maximum Gasteiger partial charge on any atom is 0.437 e. The maximum atomic E-state index is 14.1. The van der Waals surface area contributed by atoms with Crippen molar-refractivity contribution in [2.75, 3.05) is 0 Å². The molecule has 3 aromatic carbocycles. The van der Waals surface area contributed by atoms with Gasteiger partial charge in [-0.1, -0.05) is 72.8 Å². The van der Waals surface area contributed by atoms with Crippen molar-refractivity contribution in [2.45, 2.75) is 24.6 Å². The highest BCUT2D eigenvalue weighted by molar-refractivity contribution is 7.80. The fraction of sp³-hybridized carbons (Fsp3) is 0.200. The van der Waals surface area contributed by atoms with Crippen LogP contribution in [0.1, 0.15) is 27.5 Å². The molecule has 0 saturated carbocycles. The van der Waals surface area contributed by atoms with Crippen molar-refractivity contribution in [1.29, 1.82) is 0 Å². The Labute approximate surface area is 199 Å². The summed E-state index contributed by atoms with van der Waals surface area (Å²) in [5.41, 5.74) is -2.22. The lowest BCUT2D eigenvalue weighted by molar-refractivity contribution is -0.285. The third-order valence-corrected chi connectivity index (χ3v) is 5.85. The lowest BCUT2D eigenvalue weighted by Gasteiger charge is -2.46. The molecule has 0 unspecified atom stereocenters. The van der Waals surface area contributed by atoms with Crippen LogP contribution in [0.3, 0.4) is 0 Å². The van der Waals surface area contributed by atoms with Gasteiger partial charge in [-0.2, -0.15) is 13.2 Å². The minimum atomic E-state index is -5.18. The number of rotatable bonds is 6. The van der Waals surface area contributed by atoms with E-state index < -0.39 is 34.8 Å². The molecule has 3 atom stereocenters. The first kappa shape index (κ1) is 23.7. The topological polar surface area (TPSA) is 70.6 Å². The molecule has 9 heteroatoms. The van der Waals surface area contributed by atoms with Crippen LogP contribution in [-0.4, -0.2) is 27.9 Å². The molecule has 176 valence electrons. The van der Waals surface area contributed by atoms with Gasteiger partial charge in [0.1, 0.15) is 18.3 Å². The van der Waals surface area contributed by atoms with Crippen LogP contribution < -0.4 is 15.4 Å². The van der Waals surface area contributed by atoms with Gasteiger partial charge >= 0.3 is 6.18 Å². The van der Waals surface area contributed by atoms with Crippen molar-refractivity contribution in [3.63, 3.8) is 0 Å². The molecular formula is C25H21F3N2O3S. The molecule has 0 spiro atoms. The van der Waals surface area contributed by atoms with Gasteiger partial charge in [-0.15, -0.1) is 0 Å². The number of nitrogens with one attached hydrogen (secondary N) is 2. The van der Waals surface area contributed by atoms with Gasteiger partial charge in [-0.3, -0.25) is 4.79 Å². The summed E-state index contributed by atoms with van der Waals surface area (Å²) in [5, 5.41) is 15.0. The van der Waals surface area contributed by atoms with Crippen molar-refractivity contribution in [3.05, 3.63) is 102 Å². The number of ether oxygens (including phenoxy) is 1. The molecule has 0 radical (unpaired) electrons. The molecule has 3 N–H and O–H groups in total. The molecular weight excluding hydrogens is 465 g/mol. The zero-order valence-electron chi connectivity index (χ0n) is 17.8. The van der Waals surface area contributed by atoms with Crippen molar-refractivity contribution in [2.24, 2.45) is 5.92 Å². The number of alkyl halides is 3. The largest absolute Gasteiger partial charge is 0.489 e. The predicted molar refractivity (Wildman–Crippen MR) is 124 cm³/mol. The van der Waals surface area contributed by atoms with Crippen LogP contribution in [0.25, 0.3) is 0 Å². The second kappa shape index (κ2) is 9.44. The Balaban J connectivity index is 1.66. The molecule has 1 fully saturated rings. The zero-order chi connectivity index (χ0) is 24.3. The fourth-order valence-electron chi connectivity index (χ4n) is 3.91. The molecule has 4 rings (SSSR count). The van der Waals surface area contributed by atoms with E-state index >= 15 is 0 Å². The van der Waals surface area contributed by atoms with Crippen molar-refractivity contribution in [1.82, 2.24) is 10.6 Å². The van der Waals surface area contributed by atoms with E-state index in [9.17, 15) is 23.1 Å². The first-order valence-electron chi connectivity index (χ1n) is 10.4. The lowest BCUT2D eigenvalue weighted by atomic mass is 9.77. The van der Waals surface area contributed by atoms with E-state index in [1.165, 1.54) is 12.1 Å². The molecule has 0 amide bonds. The number of hydrogen-bond donors (Lipinski definition) is 3. The van der Waals surface area contributed by atoms with E-state index in [1.807, 2.05) is 35.6 Å². The minimum Gasteiger partial charge on any atom is -0.489 e. The molecule has 1 aliphatic heterocycles. The SMILES string of the molecule is O=C(c1ccccc1)[C@H]1[C@H](c2ccc(OCc3ccccc3)cc2)NC(=S)N[C@@]1(O)C(F)(F)F. The number of benzene rings is 3. The number of carbonyl (C=O) groups excluding carboxylic acids is 1. The summed E-state index contributed by atoms with van der Waals surface area (Å²) in [4.78, 5) is 13.3. The van der Waals surface area contributed by atoms with Gasteiger partial charge in [0.2, 0.25) is 5.72 Å². The second-order valence-electron chi connectivity index (χ2n) is 7.89. The van der Waals surface area contributed by atoms with E-state index in [0.717, 1.165) is 5.56 Å². The van der Waals surface area contributed by atoms with Crippen molar-refractivity contribution in [3.8, 4) is 5.75 Å². The zero-order valence-corrected chi connectivity index (χ0v) is 18.6. The highest BCUT2D eigenvalue weighted by Crippen LogP contribution is 2.44. The Morgan fingerprint density at radius 2 is 1.56 bits per heavy atom. The van der Waals surface area contributed by atoms with Crippen LogP contribution in [0.4, 0.5) is 13.2 Å². The Bertz CT molecular complexity index is 1160. The Kier molecular flexibility index (Phi) is 6.58. The standard InChI is InChI=1S/C25H21F3N2O3S/c26-25(27,28)24(32)20(22(31)18-9-5-2-6-10-18)21(29-23(34)30-24)17-11-13-19(14-12-17)33-15-16-7-3-1-4-8-16/h1-14,20-21,32H,15H2,(H2,29,30,34)/t20-,21+,24+/m1/s1. The fourth-order valence-corrected chi connectivity index (χ4v) is 4.19. The highest BCUT2D eigenvalue weighted by Gasteiger charge is 2.65.